The highest BCUT2D eigenvalue weighted by Crippen LogP contribution is 2.47. The second-order valence-corrected chi connectivity index (χ2v) is 21.1. The second kappa shape index (κ2) is 23.6. The Labute approximate surface area is 436 Å². The summed E-state index contributed by atoms with van der Waals surface area (Å²) >= 11 is 0. The van der Waals surface area contributed by atoms with Gasteiger partial charge in [-0.2, -0.15) is 14.7 Å². The van der Waals surface area contributed by atoms with Crippen molar-refractivity contribution < 1.29 is 55.5 Å². The number of rotatable bonds is 9. The summed E-state index contributed by atoms with van der Waals surface area (Å²) in [6.45, 7) is 23.6. The van der Waals surface area contributed by atoms with Gasteiger partial charge in [-0.05, 0) is 133 Å². The van der Waals surface area contributed by atoms with Crippen molar-refractivity contribution in [2.24, 2.45) is 5.96 Å². The molecule has 0 saturated carbocycles. The lowest BCUT2D eigenvalue weighted by molar-refractivity contribution is -0.207. The van der Waals surface area contributed by atoms with Crippen LogP contribution in [0.4, 0.5) is 43.0 Å². The third-order valence-electron chi connectivity index (χ3n) is 13.0. The number of aliphatic hydroxyl groups is 1. The van der Waals surface area contributed by atoms with Crippen LogP contribution in [-0.4, -0.2) is 134 Å². The molecule has 0 spiro atoms. The van der Waals surface area contributed by atoms with Gasteiger partial charge in [0.15, 0.2) is 5.60 Å². The molecule has 0 bridgehead atoms. The second-order valence-electron chi connectivity index (χ2n) is 21.1. The Morgan fingerprint density at radius 3 is 1.59 bits per heavy atom. The zero-order valence-electron chi connectivity index (χ0n) is 43.5. The zero-order valence-corrected chi connectivity index (χ0v) is 43.5. The minimum atomic E-state index is -4.15. The van der Waals surface area contributed by atoms with Gasteiger partial charge in [0.25, 0.3) is 0 Å². The van der Waals surface area contributed by atoms with Crippen LogP contribution in [0, 0.1) is 11.6 Å². The summed E-state index contributed by atoms with van der Waals surface area (Å²) in [6.07, 6.45) is 1.65. The van der Waals surface area contributed by atoms with Gasteiger partial charge >= 0.3 is 25.2 Å². The number of amides is 2. The summed E-state index contributed by atoms with van der Waals surface area (Å²) in [7, 11) is -0.344. The molecular formula is C52H70BF5N10O7. The Hall–Kier alpha value is -6.43. The molecule has 3 N–H and O–H groups in total. The summed E-state index contributed by atoms with van der Waals surface area (Å²) in [6, 6.07) is 20.2. The highest BCUT2D eigenvalue weighted by atomic mass is 19.3. The first-order chi connectivity index (χ1) is 34.6. The maximum Gasteiger partial charge on any atom is 0.494 e. The first-order valence-corrected chi connectivity index (χ1v) is 24.1. The molecule has 17 nitrogen and oxygen atoms in total. The van der Waals surface area contributed by atoms with E-state index in [0.717, 1.165) is 59.1 Å². The number of carbonyl (C=O) groups is 2. The SMILES string of the molecule is C.CC(C)(C)OC(=O)N1CCN(c2ccc(-c3ccc(C(F)(F)[C@](O)(Cn4cnnn4)c4ccc(F)cc4F)nc3)cc2)CC1.CC(C)(C)OC(=O)N1CCN(c2ccc(B3OC(C)(C)C(C)(C)O3)cc2)CC1.NF. The lowest BCUT2D eigenvalue weighted by atomic mass is 9.79. The molecule has 5 heterocycles. The molecule has 0 aliphatic carbocycles. The van der Waals surface area contributed by atoms with Crippen LogP contribution in [0.1, 0.15) is 87.9 Å². The standard InChI is InChI=1S/C30H31F4N7O3.C21H33BN2O4.CH4.FH2N/c1-28(2,3)44-27(42)40-14-12-39(13-15-40)23-8-4-20(5-9-23)21-6-11-26(35-17-21)30(33,34)29(43,18-41-19-36-37-38-41)24-10-7-22(31)16-25(24)32;1-19(2,3)26-18(25)24-14-12-23(13-15-24)17-10-8-16(9-11-17)22-27-20(4,5)21(6,7)28-22;;1-2/h4-11,16-17,19,43H,12-15,18H2,1-3H3;8-11H,12-15H2,1-7H3;1H4;2H2/t29-;;;/m0.../s1. The van der Waals surface area contributed by atoms with E-state index in [0.29, 0.717) is 56.5 Å². The van der Waals surface area contributed by atoms with E-state index in [-0.39, 0.29) is 37.9 Å². The number of ether oxygens (including phenoxy) is 2. The summed E-state index contributed by atoms with van der Waals surface area (Å²) < 4.78 is 93.4. The number of benzene rings is 3. The largest absolute Gasteiger partial charge is 0.494 e. The normalized spacial score (nSPS) is 17.4. The third kappa shape index (κ3) is 14.3. The van der Waals surface area contributed by atoms with Crippen molar-refractivity contribution in [3.05, 3.63) is 114 Å². The van der Waals surface area contributed by atoms with E-state index in [2.05, 4.69) is 88.2 Å². The third-order valence-corrected chi connectivity index (χ3v) is 13.0. The fourth-order valence-electron chi connectivity index (χ4n) is 8.26. The molecule has 1 atom stereocenters. The van der Waals surface area contributed by atoms with Gasteiger partial charge in [-0.3, -0.25) is 4.98 Å². The molecule has 23 heteroatoms. The van der Waals surface area contributed by atoms with E-state index in [1.54, 1.807) is 9.80 Å². The molecule has 3 saturated heterocycles. The highest BCUT2D eigenvalue weighted by molar-refractivity contribution is 6.62. The average molecular weight is 1050 g/mol. The summed E-state index contributed by atoms with van der Waals surface area (Å²) in [4.78, 5) is 36.4. The van der Waals surface area contributed by atoms with Crippen LogP contribution >= 0.6 is 0 Å². The van der Waals surface area contributed by atoms with Gasteiger partial charge in [0, 0.05) is 87.1 Å². The number of nitrogens with two attached hydrogens (primary N) is 1. The molecule has 2 aromatic heterocycles. The van der Waals surface area contributed by atoms with Crippen molar-refractivity contribution in [3.8, 4) is 11.1 Å². The molecule has 2 amide bonds. The number of anilines is 2. The number of alkyl halides is 2. The molecular weight excluding hydrogens is 982 g/mol. The van der Waals surface area contributed by atoms with E-state index < -0.39 is 52.2 Å². The Bertz CT molecular complexity index is 2630. The molecule has 3 aliphatic heterocycles. The number of halogens is 5. The molecule has 3 aromatic carbocycles. The Kier molecular flexibility index (Phi) is 18.7. The lowest BCUT2D eigenvalue weighted by Crippen LogP contribution is -2.50. The van der Waals surface area contributed by atoms with E-state index in [1.807, 2.05) is 65.8 Å². The van der Waals surface area contributed by atoms with Crippen LogP contribution in [0.3, 0.4) is 0 Å². The molecule has 5 aromatic rings. The Morgan fingerprint density at radius 2 is 1.17 bits per heavy atom. The van der Waals surface area contributed by atoms with Crippen molar-refractivity contribution in [3.63, 3.8) is 0 Å². The number of nitrogens with zero attached hydrogens (tertiary/aromatic N) is 9. The van der Waals surface area contributed by atoms with Crippen LogP contribution in [0.5, 0.6) is 0 Å². The van der Waals surface area contributed by atoms with Gasteiger partial charge in [-0.15, -0.1) is 9.58 Å². The minimum Gasteiger partial charge on any atom is -0.444 e. The number of piperazine rings is 2. The van der Waals surface area contributed by atoms with Gasteiger partial charge in [0.2, 0.25) is 0 Å². The van der Waals surface area contributed by atoms with Crippen LogP contribution in [0.15, 0.2) is 91.4 Å². The van der Waals surface area contributed by atoms with Crippen molar-refractivity contribution in [1.29, 1.82) is 0 Å². The van der Waals surface area contributed by atoms with Gasteiger partial charge < -0.3 is 43.5 Å². The molecule has 8 rings (SSSR count). The first kappa shape index (κ1) is 59.5. The number of pyridine rings is 1. The van der Waals surface area contributed by atoms with Crippen molar-refractivity contribution >= 4 is 36.1 Å². The highest BCUT2D eigenvalue weighted by Gasteiger charge is 2.58. The summed E-state index contributed by atoms with van der Waals surface area (Å²) in [5.41, 5.74) is -2.26. The van der Waals surface area contributed by atoms with Crippen LogP contribution in [0.2, 0.25) is 0 Å². The number of hydrogen-bond acceptors (Lipinski definition) is 14. The fraction of sp³-hybridized carbons (Fsp3) is 0.500. The van der Waals surface area contributed by atoms with Gasteiger partial charge in [0.1, 0.15) is 34.9 Å². The number of tetrazole rings is 1. The van der Waals surface area contributed by atoms with Crippen LogP contribution in [0.25, 0.3) is 11.1 Å². The van der Waals surface area contributed by atoms with E-state index in [9.17, 15) is 23.5 Å². The molecule has 0 unspecified atom stereocenters. The number of carbonyl (C=O) groups excluding carboxylic acids is 2. The summed E-state index contributed by atoms with van der Waals surface area (Å²) in [5.74, 6) is -3.50. The van der Waals surface area contributed by atoms with Crippen LogP contribution < -0.4 is 21.2 Å². The monoisotopic (exact) mass is 1050 g/mol. The van der Waals surface area contributed by atoms with Crippen molar-refractivity contribution in [2.75, 3.05) is 62.2 Å². The maximum absolute atomic E-state index is 16.0. The lowest BCUT2D eigenvalue weighted by Gasteiger charge is -2.36. The van der Waals surface area contributed by atoms with Gasteiger partial charge in [-0.1, -0.05) is 37.8 Å². The first-order valence-electron chi connectivity index (χ1n) is 24.1. The Morgan fingerprint density at radius 1 is 0.707 bits per heavy atom. The topological polar surface area (TPSA) is 187 Å². The minimum absolute atomic E-state index is 0. The maximum atomic E-state index is 16.0. The zero-order chi connectivity index (χ0) is 54.4. The molecule has 3 aliphatic rings. The molecule has 3 fully saturated rings. The smallest absolute Gasteiger partial charge is 0.444 e. The van der Waals surface area contributed by atoms with Gasteiger partial charge in [0.05, 0.1) is 17.7 Å². The van der Waals surface area contributed by atoms with Gasteiger partial charge in [-0.25, -0.2) is 23.1 Å². The van der Waals surface area contributed by atoms with E-state index in [4.69, 9.17) is 23.3 Å². The Balaban J connectivity index is 0.000000290. The number of aromatic nitrogens is 5. The fourth-order valence-corrected chi connectivity index (χ4v) is 8.26. The summed E-state index contributed by atoms with van der Waals surface area (Å²) in [5, 5.41) is 21.6. The predicted molar refractivity (Wildman–Crippen MR) is 276 cm³/mol. The van der Waals surface area contributed by atoms with Crippen molar-refractivity contribution in [2.45, 2.75) is 117 Å². The quantitative estimate of drug-likeness (QED) is 0.0816. The molecule has 75 heavy (non-hydrogen) atoms. The molecule has 0 radical (unpaired) electrons. The molecule has 408 valence electrons. The average Bonchev–Trinajstić information content (AvgIpc) is 3.94. The van der Waals surface area contributed by atoms with Crippen LogP contribution in [-0.2, 0) is 36.9 Å². The van der Waals surface area contributed by atoms with E-state index >= 15 is 8.78 Å². The van der Waals surface area contributed by atoms with Crippen molar-refractivity contribution in [1.82, 2.24) is 35.0 Å². The predicted octanol–water partition coefficient (Wildman–Crippen LogP) is 8.26. The van der Waals surface area contributed by atoms with E-state index in [1.165, 1.54) is 12.3 Å². The number of hydrogen-bond donors (Lipinski definition) is 2.